The van der Waals surface area contributed by atoms with Gasteiger partial charge in [-0.05, 0) is 25.4 Å². The molecule has 0 saturated carbocycles. The Kier molecular flexibility index (Phi) is 2.82. The van der Waals surface area contributed by atoms with Crippen LogP contribution in [0.4, 0.5) is 0 Å². The lowest BCUT2D eigenvalue weighted by atomic mass is 10.1. The van der Waals surface area contributed by atoms with Crippen molar-refractivity contribution in [2.75, 3.05) is 13.1 Å². The van der Waals surface area contributed by atoms with Crippen LogP contribution in [0.15, 0.2) is 4.52 Å². The minimum atomic E-state index is 0.356. The first-order chi connectivity index (χ1) is 6.75. The number of rotatable bonds is 3. The second kappa shape index (κ2) is 4.09. The molecule has 2 heterocycles. The molecule has 0 aliphatic carbocycles. The summed E-state index contributed by atoms with van der Waals surface area (Å²) in [6.07, 6.45) is 2.14. The highest BCUT2D eigenvalue weighted by Crippen LogP contribution is 2.16. The average molecular weight is 195 g/mol. The maximum Gasteiger partial charge on any atom is 0.226 e. The van der Waals surface area contributed by atoms with E-state index in [2.05, 4.69) is 29.3 Å². The van der Waals surface area contributed by atoms with Gasteiger partial charge in [-0.1, -0.05) is 19.0 Å². The van der Waals surface area contributed by atoms with Crippen molar-refractivity contribution in [1.29, 1.82) is 0 Å². The van der Waals surface area contributed by atoms with E-state index in [1.807, 2.05) is 0 Å². The summed E-state index contributed by atoms with van der Waals surface area (Å²) in [4.78, 5) is 4.37. The highest BCUT2D eigenvalue weighted by molar-refractivity contribution is 4.93. The topological polar surface area (TPSA) is 51.0 Å². The summed E-state index contributed by atoms with van der Waals surface area (Å²) in [5.41, 5.74) is 0. The van der Waals surface area contributed by atoms with Crippen LogP contribution in [0.5, 0.6) is 0 Å². The molecule has 0 bridgehead atoms. The summed E-state index contributed by atoms with van der Waals surface area (Å²) in [5.74, 6) is 2.65. The van der Waals surface area contributed by atoms with Gasteiger partial charge in [-0.2, -0.15) is 4.98 Å². The molecule has 14 heavy (non-hydrogen) atoms. The van der Waals surface area contributed by atoms with Gasteiger partial charge in [0.2, 0.25) is 5.89 Å². The van der Waals surface area contributed by atoms with E-state index in [4.69, 9.17) is 4.52 Å². The largest absolute Gasteiger partial charge is 0.339 e. The predicted molar refractivity (Wildman–Crippen MR) is 53.1 cm³/mol. The average Bonchev–Trinajstić information content (AvgIpc) is 2.75. The van der Waals surface area contributed by atoms with E-state index in [1.54, 1.807) is 0 Å². The van der Waals surface area contributed by atoms with Gasteiger partial charge in [-0.25, -0.2) is 0 Å². The SMILES string of the molecule is CC(C)c1noc(C[C@@H]2CCNC2)n1. The second-order valence-corrected chi connectivity index (χ2v) is 4.26. The zero-order chi connectivity index (χ0) is 9.97. The van der Waals surface area contributed by atoms with Gasteiger partial charge >= 0.3 is 0 Å². The van der Waals surface area contributed by atoms with Crippen LogP contribution in [0.2, 0.25) is 0 Å². The standard InChI is InChI=1S/C10H17N3O/c1-7(2)10-12-9(14-13-10)5-8-3-4-11-6-8/h7-8,11H,3-6H2,1-2H3/t8-/m0/s1. The van der Waals surface area contributed by atoms with Crippen LogP contribution < -0.4 is 5.32 Å². The molecule has 1 aliphatic rings. The normalized spacial score (nSPS) is 22.1. The summed E-state index contributed by atoms with van der Waals surface area (Å²) in [7, 11) is 0. The van der Waals surface area contributed by atoms with Crippen molar-refractivity contribution in [2.45, 2.75) is 32.6 Å². The Bertz CT molecular complexity index is 289. The molecular weight excluding hydrogens is 178 g/mol. The molecular formula is C10H17N3O. The number of hydrogen-bond acceptors (Lipinski definition) is 4. The van der Waals surface area contributed by atoms with Crippen molar-refractivity contribution < 1.29 is 4.52 Å². The smallest absolute Gasteiger partial charge is 0.226 e. The first-order valence-electron chi connectivity index (χ1n) is 5.29. The number of aromatic nitrogens is 2. The van der Waals surface area contributed by atoms with Crippen LogP contribution in [0.1, 0.15) is 37.9 Å². The number of hydrogen-bond donors (Lipinski definition) is 1. The molecule has 1 atom stereocenters. The summed E-state index contributed by atoms with van der Waals surface area (Å²) < 4.78 is 5.20. The summed E-state index contributed by atoms with van der Waals surface area (Å²) >= 11 is 0. The Morgan fingerprint density at radius 3 is 3.00 bits per heavy atom. The maximum absolute atomic E-state index is 5.20. The molecule has 1 aromatic heterocycles. The third-order valence-corrected chi connectivity index (χ3v) is 2.63. The third-order valence-electron chi connectivity index (χ3n) is 2.63. The Balaban J connectivity index is 1.95. The Labute approximate surface area is 84.1 Å². The highest BCUT2D eigenvalue weighted by Gasteiger charge is 2.18. The minimum Gasteiger partial charge on any atom is -0.339 e. The molecule has 1 saturated heterocycles. The molecule has 2 rings (SSSR count). The molecule has 0 aromatic carbocycles. The van der Waals surface area contributed by atoms with Gasteiger partial charge < -0.3 is 9.84 Å². The molecule has 4 nitrogen and oxygen atoms in total. The summed E-state index contributed by atoms with van der Waals surface area (Å²) in [6.45, 7) is 6.35. The molecule has 0 amide bonds. The van der Waals surface area contributed by atoms with Gasteiger partial charge in [-0.15, -0.1) is 0 Å². The van der Waals surface area contributed by atoms with Crippen LogP contribution in [-0.2, 0) is 6.42 Å². The van der Waals surface area contributed by atoms with Gasteiger partial charge in [0.15, 0.2) is 5.82 Å². The van der Waals surface area contributed by atoms with Crippen LogP contribution >= 0.6 is 0 Å². The van der Waals surface area contributed by atoms with Gasteiger partial charge in [-0.3, -0.25) is 0 Å². The van der Waals surface area contributed by atoms with Crippen LogP contribution in [-0.4, -0.2) is 23.2 Å². The molecule has 0 unspecified atom stereocenters. The zero-order valence-electron chi connectivity index (χ0n) is 8.79. The molecule has 1 aliphatic heterocycles. The lowest BCUT2D eigenvalue weighted by Gasteiger charge is -2.01. The van der Waals surface area contributed by atoms with Crippen molar-refractivity contribution in [2.24, 2.45) is 5.92 Å². The molecule has 1 N–H and O–H groups in total. The lowest BCUT2D eigenvalue weighted by molar-refractivity contribution is 0.352. The lowest BCUT2D eigenvalue weighted by Crippen LogP contribution is -2.10. The second-order valence-electron chi connectivity index (χ2n) is 4.26. The van der Waals surface area contributed by atoms with E-state index in [-0.39, 0.29) is 0 Å². The van der Waals surface area contributed by atoms with Crippen LogP contribution in [0.25, 0.3) is 0 Å². The fourth-order valence-corrected chi connectivity index (χ4v) is 1.72. The van der Waals surface area contributed by atoms with Crippen LogP contribution in [0.3, 0.4) is 0 Å². The fraction of sp³-hybridized carbons (Fsp3) is 0.800. The van der Waals surface area contributed by atoms with Crippen molar-refractivity contribution in [1.82, 2.24) is 15.5 Å². The molecule has 4 heteroatoms. The first-order valence-corrected chi connectivity index (χ1v) is 5.29. The van der Waals surface area contributed by atoms with E-state index in [1.165, 1.54) is 6.42 Å². The molecule has 0 radical (unpaired) electrons. The Morgan fingerprint density at radius 2 is 2.43 bits per heavy atom. The highest BCUT2D eigenvalue weighted by atomic mass is 16.5. The predicted octanol–water partition coefficient (Wildman–Crippen LogP) is 1.34. The van der Waals surface area contributed by atoms with Crippen molar-refractivity contribution in [3.05, 3.63) is 11.7 Å². The monoisotopic (exact) mass is 195 g/mol. The van der Waals surface area contributed by atoms with E-state index in [0.717, 1.165) is 31.2 Å². The minimum absolute atomic E-state index is 0.356. The number of nitrogens with one attached hydrogen (secondary N) is 1. The van der Waals surface area contributed by atoms with E-state index in [0.29, 0.717) is 11.8 Å². The van der Waals surface area contributed by atoms with E-state index < -0.39 is 0 Å². The quantitative estimate of drug-likeness (QED) is 0.791. The van der Waals surface area contributed by atoms with Crippen molar-refractivity contribution >= 4 is 0 Å². The van der Waals surface area contributed by atoms with E-state index >= 15 is 0 Å². The van der Waals surface area contributed by atoms with Gasteiger partial charge in [0, 0.05) is 12.3 Å². The van der Waals surface area contributed by atoms with Crippen molar-refractivity contribution in [3.8, 4) is 0 Å². The fourth-order valence-electron chi connectivity index (χ4n) is 1.72. The molecule has 1 aromatic rings. The third kappa shape index (κ3) is 2.12. The summed E-state index contributed by atoms with van der Waals surface area (Å²) in [6, 6.07) is 0. The molecule has 1 fully saturated rings. The zero-order valence-corrected chi connectivity index (χ0v) is 8.79. The number of nitrogens with zero attached hydrogens (tertiary/aromatic N) is 2. The van der Waals surface area contributed by atoms with Gasteiger partial charge in [0.25, 0.3) is 0 Å². The van der Waals surface area contributed by atoms with Gasteiger partial charge in [0.05, 0.1) is 0 Å². The molecule has 0 spiro atoms. The first kappa shape index (κ1) is 9.65. The van der Waals surface area contributed by atoms with Gasteiger partial charge in [0.1, 0.15) is 0 Å². The molecule has 78 valence electrons. The Hall–Kier alpha value is -0.900. The Morgan fingerprint density at radius 1 is 1.57 bits per heavy atom. The van der Waals surface area contributed by atoms with Crippen molar-refractivity contribution in [3.63, 3.8) is 0 Å². The summed E-state index contributed by atoms with van der Waals surface area (Å²) in [5, 5.41) is 7.28. The maximum atomic E-state index is 5.20. The van der Waals surface area contributed by atoms with Crippen LogP contribution in [0, 0.1) is 5.92 Å². The van der Waals surface area contributed by atoms with E-state index in [9.17, 15) is 0 Å².